The second-order valence-electron chi connectivity index (χ2n) is 17.0. The highest BCUT2D eigenvalue weighted by atomic mass is 14.9. The molecule has 9 aromatic rings. The Labute approximate surface area is 340 Å². The van der Waals surface area contributed by atoms with Gasteiger partial charge in [-0.2, -0.15) is 0 Å². The Hall–Kier alpha value is -6.90. The quantitative estimate of drug-likeness (QED) is 0.175. The van der Waals surface area contributed by atoms with Gasteiger partial charge in [0.2, 0.25) is 0 Å². The maximum Gasteiger partial charge on any atom is 0.160 e. The molecule has 0 amide bonds. The Morgan fingerprint density at radius 2 is 0.879 bits per heavy atom. The van der Waals surface area contributed by atoms with Crippen molar-refractivity contribution in [3.63, 3.8) is 0 Å². The van der Waals surface area contributed by atoms with Crippen LogP contribution in [0.15, 0.2) is 182 Å². The van der Waals surface area contributed by atoms with Crippen molar-refractivity contribution in [1.82, 2.24) is 9.97 Å². The molecule has 0 aliphatic heterocycles. The Morgan fingerprint density at radius 3 is 1.69 bits per heavy atom. The van der Waals surface area contributed by atoms with E-state index >= 15 is 0 Å². The summed E-state index contributed by atoms with van der Waals surface area (Å²) in [5.41, 5.74) is 20.5. The van der Waals surface area contributed by atoms with Gasteiger partial charge in [-0.1, -0.05) is 179 Å². The highest BCUT2D eigenvalue weighted by Crippen LogP contribution is 2.53. The molecule has 0 radical (unpaired) electrons. The molecule has 11 rings (SSSR count). The fraction of sp³-hybridized carbons (Fsp3) is 0.107. The molecule has 0 N–H and O–H groups in total. The predicted molar refractivity (Wildman–Crippen MR) is 242 cm³/mol. The molecule has 2 aliphatic rings. The van der Waals surface area contributed by atoms with Crippen molar-refractivity contribution in [2.45, 2.75) is 38.5 Å². The van der Waals surface area contributed by atoms with Crippen LogP contribution < -0.4 is 0 Å². The third-order valence-electron chi connectivity index (χ3n) is 12.9. The van der Waals surface area contributed by atoms with Gasteiger partial charge in [0.05, 0.1) is 11.4 Å². The zero-order chi connectivity index (χ0) is 39.2. The van der Waals surface area contributed by atoms with Gasteiger partial charge in [0.25, 0.3) is 0 Å². The van der Waals surface area contributed by atoms with Crippen molar-refractivity contribution in [3.05, 3.63) is 204 Å². The Balaban J connectivity index is 0.995. The SMILES string of the molecule is CC1(C)c2ccccc2-c2cc(-c3ccc(-c4cc(-c5cccc(-c6cccc7c6-c6cc8ccccc8cc6C7(C)C)c5)nc(-c5ccccc5)n4)cc3)ccc21. The first kappa shape index (κ1) is 34.4. The van der Waals surface area contributed by atoms with Gasteiger partial charge in [0.1, 0.15) is 0 Å². The van der Waals surface area contributed by atoms with Crippen LogP contribution in [-0.4, -0.2) is 9.97 Å². The second kappa shape index (κ2) is 12.8. The summed E-state index contributed by atoms with van der Waals surface area (Å²) in [5.74, 6) is 0.714. The first-order chi connectivity index (χ1) is 28.2. The van der Waals surface area contributed by atoms with Gasteiger partial charge >= 0.3 is 0 Å². The first-order valence-electron chi connectivity index (χ1n) is 20.3. The van der Waals surface area contributed by atoms with Crippen LogP contribution in [0.25, 0.3) is 89.2 Å². The summed E-state index contributed by atoms with van der Waals surface area (Å²) in [6, 6.07) is 66.3. The summed E-state index contributed by atoms with van der Waals surface area (Å²) in [6.45, 7) is 9.38. The smallest absolute Gasteiger partial charge is 0.160 e. The fourth-order valence-electron chi connectivity index (χ4n) is 9.75. The van der Waals surface area contributed by atoms with Gasteiger partial charge in [-0.15, -0.1) is 0 Å². The fourth-order valence-corrected chi connectivity index (χ4v) is 9.75. The first-order valence-corrected chi connectivity index (χ1v) is 20.3. The largest absolute Gasteiger partial charge is 0.228 e. The number of hydrogen-bond donors (Lipinski definition) is 0. The number of benzene rings is 8. The van der Waals surface area contributed by atoms with E-state index in [0.717, 1.165) is 28.1 Å². The highest BCUT2D eigenvalue weighted by Gasteiger charge is 2.37. The average Bonchev–Trinajstić information content (AvgIpc) is 3.64. The third kappa shape index (κ3) is 5.32. The van der Waals surface area contributed by atoms with Crippen LogP contribution in [0.1, 0.15) is 49.9 Å². The molecule has 0 unspecified atom stereocenters. The van der Waals surface area contributed by atoms with Crippen molar-refractivity contribution < 1.29 is 0 Å². The van der Waals surface area contributed by atoms with Crippen molar-refractivity contribution in [1.29, 1.82) is 0 Å². The monoisotopic (exact) mass is 742 g/mol. The Kier molecular flexibility index (Phi) is 7.59. The van der Waals surface area contributed by atoms with Gasteiger partial charge in [0, 0.05) is 27.5 Å². The molecule has 0 saturated heterocycles. The lowest BCUT2D eigenvalue weighted by atomic mass is 9.81. The van der Waals surface area contributed by atoms with Gasteiger partial charge in [-0.05, 0) is 108 Å². The molecular weight excluding hydrogens is 701 g/mol. The van der Waals surface area contributed by atoms with Gasteiger partial charge in [0.15, 0.2) is 5.82 Å². The predicted octanol–water partition coefficient (Wildman–Crippen LogP) is 14.6. The lowest BCUT2D eigenvalue weighted by Crippen LogP contribution is -2.14. The molecule has 0 bridgehead atoms. The second-order valence-corrected chi connectivity index (χ2v) is 17.0. The number of nitrogens with zero attached hydrogens (tertiary/aromatic N) is 2. The van der Waals surface area contributed by atoms with E-state index in [9.17, 15) is 0 Å². The molecule has 0 spiro atoms. The third-order valence-corrected chi connectivity index (χ3v) is 12.9. The molecular formula is C56H42N2. The molecule has 0 fully saturated rings. The van der Waals surface area contributed by atoms with Crippen LogP contribution in [0.4, 0.5) is 0 Å². The van der Waals surface area contributed by atoms with Crippen LogP contribution in [-0.2, 0) is 10.8 Å². The van der Waals surface area contributed by atoms with E-state index in [2.05, 4.69) is 204 Å². The minimum absolute atomic E-state index is 0.00614. The van der Waals surface area contributed by atoms with E-state index in [-0.39, 0.29) is 10.8 Å². The molecule has 2 nitrogen and oxygen atoms in total. The van der Waals surface area contributed by atoms with Crippen molar-refractivity contribution >= 4 is 10.8 Å². The minimum atomic E-state index is -0.104. The van der Waals surface area contributed by atoms with E-state index in [4.69, 9.17) is 9.97 Å². The average molecular weight is 743 g/mol. The molecule has 1 aromatic heterocycles. The Bertz CT molecular complexity index is 3100. The maximum absolute atomic E-state index is 5.22. The summed E-state index contributed by atoms with van der Waals surface area (Å²) in [6.07, 6.45) is 0. The van der Waals surface area contributed by atoms with E-state index in [1.807, 2.05) is 6.07 Å². The number of aromatic nitrogens is 2. The van der Waals surface area contributed by atoms with E-state index in [1.54, 1.807) is 0 Å². The van der Waals surface area contributed by atoms with Crippen LogP contribution >= 0.6 is 0 Å². The molecule has 0 saturated carbocycles. The lowest BCUT2D eigenvalue weighted by molar-refractivity contribution is 0.660. The Morgan fingerprint density at radius 1 is 0.310 bits per heavy atom. The number of fused-ring (bicyclic) bond motifs is 7. The summed E-state index contributed by atoms with van der Waals surface area (Å²) >= 11 is 0. The van der Waals surface area contributed by atoms with E-state index < -0.39 is 0 Å². The maximum atomic E-state index is 5.22. The van der Waals surface area contributed by atoms with Crippen molar-refractivity contribution in [2.75, 3.05) is 0 Å². The van der Waals surface area contributed by atoms with Gasteiger partial charge < -0.3 is 0 Å². The summed E-state index contributed by atoms with van der Waals surface area (Å²) in [4.78, 5) is 10.4. The number of hydrogen-bond acceptors (Lipinski definition) is 2. The summed E-state index contributed by atoms with van der Waals surface area (Å²) < 4.78 is 0. The molecule has 8 aromatic carbocycles. The zero-order valence-electron chi connectivity index (χ0n) is 33.2. The summed E-state index contributed by atoms with van der Waals surface area (Å²) in [5, 5.41) is 2.55. The van der Waals surface area contributed by atoms with Crippen LogP contribution in [0.3, 0.4) is 0 Å². The lowest BCUT2D eigenvalue weighted by Gasteiger charge is -2.22. The number of rotatable bonds is 5. The zero-order valence-corrected chi connectivity index (χ0v) is 33.2. The van der Waals surface area contributed by atoms with Crippen molar-refractivity contribution in [2.24, 2.45) is 0 Å². The van der Waals surface area contributed by atoms with Crippen LogP contribution in [0.2, 0.25) is 0 Å². The van der Waals surface area contributed by atoms with Crippen molar-refractivity contribution in [3.8, 4) is 78.4 Å². The minimum Gasteiger partial charge on any atom is -0.228 e. The molecule has 0 atom stereocenters. The normalized spacial score (nSPS) is 14.1. The van der Waals surface area contributed by atoms with Crippen LogP contribution in [0, 0.1) is 0 Å². The van der Waals surface area contributed by atoms with E-state index in [0.29, 0.717) is 5.82 Å². The van der Waals surface area contributed by atoms with Gasteiger partial charge in [-0.25, -0.2) is 9.97 Å². The molecule has 58 heavy (non-hydrogen) atoms. The molecule has 2 aliphatic carbocycles. The standard InChI is InChI=1S/C56H42N2/c1-55(2)47-22-11-10-20-44(47)45-31-40(28-29-48(45)55)35-24-26-36(27-25-35)51-34-52(58-54(57-51)37-14-6-5-7-15-37)42-19-12-18-41(30-42)43-21-13-23-49-53(43)46-32-38-16-8-9-17-39(38)33-50(46)56(49,3)4/h5-34H,1-4H3. The molecule has 2 heteroatoms. The highest BCUT2D eigenvalue weighted by molar-refractivity contribution is 5.99. The van der Waals surface area contributed by atoms with Crippen LogP contribution in [0.5, 0.6) is 0 Å². The summed E-state index contributed by atoms with van der Waals surface area (Å²) in [7, 11) is 0. The molecule has 276 valence electrons. The topological polar surface area (TPSA) is 25.8 Å². The van der Waals surface area contributed by atoms with E-state index in [1.165, 1.54) is 77.5 Å². The van der Waals surface area contributed by atoms with Gasteiger partial charge in [-0.3, -0.25) is 0 Å². The molecule has 1 heterocycles.